The molecule has 2 heterocycles. The number of nitrogens with zero attached hydrogens (tertiary/aromatic N) is 3. The molecule has 0 radical (unpaired) electrons. The molecule has 2 aromatic rings. The topological polar surface area (TPSA) is 56.7 Å². The molecule has 0 spiro atoms. The molecule has 72 valence electrons. The lowest BCUT2D eigenvalue weighted by molar-refractivity contribution is 0.767. The maximum Gasteiger partial charge on any atom is 0.204 e. The fourth-order valence-corrected chi connectivity index (χ4v) is 2.01. The van der Waals surface area contributed by atoms with E-state index in [1.54, 1.807) is 6.20 Å². The molecule has 0 atom stereocenters. The van der Waals surface area contributed by atoms with Crippen LogP contribution < -0.4 is 5.73 Å². The van der Waals surface area contributed by atoms with Crippen molar-refractivity contribution in [1.82, 2.24) is 14.5 Å². The van der Waals surface area contributed by atoms with E-state index in [2.05, 4.69) is 9.97 Å². The first kappa shape index (κ1) is 8.05. The van der Waals surface area contributed by atoms with Gasteiger partial charge in [0.2, 0.25) is 5.28 Å². The molecule has 2 N–H and O–H groups in total. The van der Waals surface area contributed by atoms with Gasteiger partial charge in [0.1, 0.15) is 5.52 Å². The molecule has 1 aliphatic carbocycles. The van der Waals surface area contributed by atoms with Crippen molar-refractivity contribution >= 4 is 28.5 Å². The van der Waals surface area contributed by atoms with Crippen LogP contribution in [0, 0.1) is 0 Å². The summed E-state index contributed by atoms with van der Waals surface area (Å²) in [6.45, 7) is 0. The van der Waals surface area contributed by atoms with Crippen molar-refractivity contribution in [2.75, 3.05) is 5.73 Å². The molecular weight excluding hydrogens is 200 g/mol. The van der Waals surface area contributed by atoms with Gasteiger partial charge in [0.05, 0.1) is 5.52 Å². The molecule has 0 aromatic carbocycles. The Morgan fingerprint density at radius 1 is 1.50 bits per heavy atom. The Morgan fingerprint density at radius 3 is 3.00 bits per heavy atom. The molecule has 4 nitrogen and oxygen atoms in total. The summed E-state index contributed by atoms with van der Waals surface area (Å²) < 4.78 is 2.04. The molecule has 1 saturated carbocycles. The number of hydrogen-bond donors (Lipinski definition) is 1. The van der Waals surface area contributed by atoms with Gasteiger partial charge in [0, 0.05) is 12.2 Å². The molecule has 1 fully saturated rings. The summed E-state index contributed by atoms with van der Waals surface area (Å²) in [6, 6.07) is 2.41. The molecule has 3 rings (SSSR count). The minimum absolute atomic E-state index is 0.448. The Bertz CT molecular complexity index is 501. The van der Waals surface area contributed by atoms with Gasteiger partial charge in [-0.25, -0.2) is 9.97 Å². The number of aromatic nitrogens is 3. The van der Waals surface area contributed by atoms with Gasteiger partial charge in [-0.3, -0.25) is 0 Å². The van der Waals surface area contributed by atoms with Crippen molar-refractivity contribution in [3.63, 3.8) is 0 Å². The molecule has 14 heavy (non-hydrogen) atoms. The number of nitrogens with two attached hydrogens (primary N) is 1. The van der Waals surface area contributed by atoms with Crippen molar-refractivity contribution < 1.29 is 0 Å². The van der Waals surface area contributed by atoms with Gasteiger partial charge in [0.15, 0.2) is 5.82 Å². The van der Waals surface area contributed by atoms with Gasteiger partial charge in [-0.05, 0) is 30.5 Å². The number of halogens is 1. The van der Waals surface area contributed by atoms with Crippen LogP contribution >= 0.6 is 11.6 Å². The summed E-state index contributed by atoms with van der Waals surface area (Å²) >= 11 is 6.04. The summed E-state index contributed by atoms with van der Waals surface area (Å²) in [4.78, 5) is 8.20. The molecule has 0 saturated heterocycles. The Labute approximate surface area is 85.7 Å². The Hall–Kier alpha value is -1.29. The van der Waals surface area contributed by atoms with E-state index in [1.165, 1.54) is 12.8 Å². The highest BCUT2D eigenvalue weighted by Crippen LogP contribution is 2.40. The van der Waals surface area contributed by atoms with E-state index in [9.17, 15) is 0 Å². The van der Waals surface area contributed by atoms with Crippen LogP contribution in [-0.2, 0) is 0 Å². The van der Waals surface area contributed by atoms with Crippen LogP contribution in [-0.4, -0.2) is 14.5 Å². The highest BCUT2D eigenvalue weighted by Gasteiger charge is 2.28. The second kappa shape index (κ2) is 2.60. The van der Waals surface area contributed by atoms with E-state index in [1.807, 2.05) is 10.6 Å². The minimum Gasteiger partial charge on any atom is -0.382 e. The molecule has 1 aliphatic rings. The number of pyridine rings is 1. The zero-order valence-corrected chi connectivity index (χ0v) is 8.20. The van der Waals surface area contributed by atoms with Gasteiger partial charge < -0.3 is 10.3 Å². The lowest BCUT2D eigenvalue weighted by Gasteiger charge is -2.01. The predicted octanol–water partition coefficient (Wildman–Crippen LogP) is 2.00. The summed E-state index contributed by atoms with van der Waals surface area (Å²) in [5.74, 6) is 0.448. The normalized spacial score (nSPS) is 16.4. The molecule has 0 amide bonds. The van der Waals surface area contributed by atoms with Crippen LogP contribution in [0.3, 0.4) is 0 Å². The zero-order valence-electron chi connectivity index (χ0n) is 7.44. The number of rotatable bonds is 1. The largest absolute Gasteiger partial charge is 0.382 e. The monoisotopic (exact) mass is 208 g/mol. The first-order valence-corrected chi connectivity index (χ1v) is 4.93. The fraction of sp³-hybridized carbons (Fsp3) is 0.333. The number of hydrogen-bond acceptors (Lipinski definition) is 3. The van der Waals surface area contributed by atoms with Crippen molar-refractivity contribution in [2.24, 2.45) is 0 Å². The zero-order chi connectivity index (χ0) is 9.71. The van der Waals surface area contributed by atoms with Crippen molar-refractivity contribution in [3.05, 3.63) is 17.5 Å². The first-order valence-electron chi connectivity index (χ1n) is 4.55. The van der Waals surface area contributed by atoms with Crippen LogP contribution in [0.25, 0.3) is 11.0 Å². The third-order valence-electron chi connectivity index (χ3n) is 2.51. The van der Waals surface area contributed by atoms with E-state index >= 15 is 0 Å². The quantitative estimate of drug-likeness (QED) is 0.780. The average Bonchev–Trinajstić information content (AvgIpc) is 2.91. The van der Waals surface area contributed by atoms with Crippen LogP contribution in [0.5, 0.6) is 0 Å². The molecule has 0 aliphatic heterocycles. The van der Waals surface area contributed by atoms with E-state index in [0.29, 0.717) is 22.7 Å². The highest BCUT2D eigenvalue weighted by molar-refractivity contribution is 6.29. The maximum atomic E-state index is 6.04. The SMILES string of the molecule is Nc1nccc2c1nc(Cl)n2C1CC1. The van der Waals surface area contributed by atoms with E-state index < -0.39 is 0 Å². The third kappa shape index (κ3) is 1.00. The van der Waals surface area contributed by atoms with Gasteiger partial charge in [-0.2, -0.15) is 0 Å². The van der Waals surface area contributed by atoms with Crippen LogP contribution in [0.2, 0.25) is 5.28 Å². The Morgan fingerprint density at radius 2 is 2.29 bits per heavy atom. The van der Waals surface area contributed by atoms with Gasteiger partial charge in [0.25, 0.3) is 0 Å². The maximum absolute atomic E-state index is 6.04. The van der Waals surface area contributed by atoms with Crippen LogP contribution in [0.1, 0.15) is 18.9 Å². The third-order valence-corrected chi connectivity index (χ3v) is 2.77. The number of nitrogen functional groups attached to an aromatic ring is 1. The van der Waals surface area contributed by atoms with Crippen LogP contribution in [0.4, 0.5) is 5.82 Å². The Kier molecular flexibility index (Phi) is 1.50. The summed E-state index contributed by atoms with van der Waals surface area (Å²) in [5.41, 5.74) is 7.42. The summed E-state index contributed by atoms with van der Waals surface area (Å²) in [6.07, 6.45) is 4.04. The van der Waals surface area contributed by atoms with E-state index in [4.69, 9.17) is 17.3 Å². The standard InChI is InChI=1S/C9H9ClN4/c10-9-13-7-6(3-4-12-8(7)11)14(9)5-1-2-5/h3-5H,1-2H2,(H2,11,12). The fourth-order valence-electron chi connectivity index (χ4n) is 1.69. The van der Waals surface area contributed by atoms with Crippen molar-refractivity contribution in [3.8, 4) is 0 Å². The Balaban J connectivity index is 2.37. The number of anilines is 1. The molecule has 0 bridgehead atoms. The molecular formula is C9H9ClN4. The van der Waals surface area contributed by atoms with E-state index in [-0.39, 0.29) is 0 Å². The number of imidazole rings is 1. The lowest BCUT2D eigenvalue weighted by Crippen LogP contribution is -1.94. The summed E-state index contributed by atoms with van der Waals surface area (Å²) in [7, 11) is 0. The smallest absolute Gasteiger partial charge is 0.204 e. The predicted molar refractivity (Wildman–Crippen MR) is 55.2 cm³/mol. The first-order chi connectivity index (χ1) is 6.77. The van der Waals surface area contributed by atoms with Crippen molar-refractivity contribution in [1.29, 1.82) is 0 Å². The van der Waals surface area contributed by atoms with Gasteiger partial charge in [-0.1, -0.05) is 0 Å². The number of fused-ring (bicyclic) bond motifs is 1. The van der Waals surface area contributed by atoms with E-state index in [0.717, 1.165) is 5.52 Å². The van der Waals surface area contributed by atoms with Crippen molar-refractivity contribution in [2.45, 2.75) is 18.9 Å². The molecule has 0 unspecified atom stereocenters. The minimum atomic E-state index is 0.448. The van der Waals surface area contributed by atoms with Gasteiger partial charge in [-0.15, -0.1) is 0 Å². The second-order valence-corrected chi connectivity index (χ2v) is 3.88. The van der Waals surface area contributed by atoms with Gasteiger partial charge >= 0.3 is 0 Å². The van der Waals surface area contributed by atoms with Crippen LogP contribution in [0.15, 0.2) is 12.3 Å². The summed E-state index contributed by atoms with van der Waals surface area (Å²) in [5, 5.41) is 0.516. The molecule has 5 heteroatoms. The second-order valence-electron chi connectivity index (χ2n) is 3.55. The average molecular weight is 209 g/mol. The molecule has 2 aromatic heterocycles. The lowest BCUT2D eigenvalue weighted by atomic mass is 10.4. The highest BCUT2D eigenvalue weighted by atomic mass is 35.5.